The summed E-state index contributed by atoms with van der Waals surface area (Å²) in [5.41, 5.74) is 6.25. The summed E-state index contributed by atoms with van der Waals surface area (Å²) >= 11 is 3.70. The third-order valence-corrected chi connectivity index (χ3v) is 8.51. The number of hydrogen-bond acceptors (Lipinski definition) is 0. The topological polar surface area (TPSA) is 9.86 Å². The Morgan fingerprint density at radius 1 is 0.500 bits per heavy atom. The van der Waals surface area contributed by atoms with Crippen LogP contribution < -0.4 is 0 Å². The van der Waals surface area contributed by atoms with E-state index in [0.717, 1.165) is 10.0 Å². The van der Waals surface area contributed by atoms with Crippen molar-refractivity contribution in [3.05, 3.63) is 126 Å². The van der Waals surface area contributed by atoms with Gasteiger partial charge < -0.3 is 9.13 Å². The van der Waals surface area contributed by atoms with Crippen LogP contribution in [-0.2, 0) is 46.8 Å². The number of aromatic nitrogens is 2. The van der Waals surface area contributed by atoms with E-state index >= 15 is 0 Å². The molecule has 8 aromatic rings. The molecule has 2 heterocycles. The summed E-state index contributed by atoms with van der Waals surface area (Å²) in [5, 5.41) is 10.3. The van der Waals surface area contributed by atoms with E-state index < -0.39 is 0 Å². The van der Waals surface area contributed by atoms with Gasteiger partial charge in [0.05, 0.1) is 5.52 Å². The van der Waals surface area contributed by atoms with Gasteiger partial charge in [-0.1, -0.05) is 108 Å². The Morgan fingerprint density at radius 2 is 0.875 bits per heavy atom. The Labute approximate surface area is 268 Å². The van der Waals surface area contributed by atoms with Gasteiger partial charge in [-0.05, 0) is 34.4 Å². The van der Waals surface area contributed by atoms with Gasteiger partial charge in [0.15, 0.2) is 0 Å². The van der Waals surface area contributed by atoms with Crippen molar-refractivity contribution in [2.24, 2.45) is 14.1 Å². The average Bonchev–Trinajstić information content (AvgIpc) is 3.41. The summed E-state index contributed by atoms with van der Waals surface area (Å²) in [7, 11) is 4.28. The van der Waals surface area contributed by atoms with Crippen molar-refractivity contribution in [3.63, 3.8) is 0 Å². The fourth-order valence-electron chi connectivity index (χ4n) is 6.11. The molecule has 0 N–H and O–H groups in total. The van der Waals surface area contributed by atoms with Crippen molar-refractivity contribution in [3.8, 4) is 0 Å². The molecular formula is C36H30BrN2Y-. The Hall–Kier alpha value is -3.11. The van der Waals surface area contributed by atoms with Gasteiger partial charge in [-0.2, -0.15) is 18.6 Å². The maximum atomic E-state index is 4.21. The van der Waals surface area contributed by atoms with Gasteiger partial charge in [0.25, 0.3) is 0 Å². The van der Waals surface area contributed by atoms with Gasteiger partial charge in [0.2, 0.25) is 0 Å². The van der Waals surface area contributed by atoms with E-state index in [1.54, 1.807) is 0 Å². The van der Waals surface area contributed by atoms with Crippen molar-refractivity contribution in [2.45, 2.75) is 7.43 Å². The first kappa shape index (κ1) is 28.4. The third kappa shape index (κ3) is 4.27. The summed E-state index contributed by atoms with van der Waals surface area (Å²) < 4.78 is 5.73. The summed E-state index contributed by atoms with van der Waals surface area (Å²) in [6, 6.07) is 38.6. The van der Waals surface area contributed by atoms with Crippen molar-refractivity contribution in [1.29, 1.82) is 0 Å². The molecule has 0 atom stereocenters. The number of nitrogens with zero attached hydrogens (tertiary/aromatic N) is 2. The third-order valence-electron chi connectivity index (χ3n) is 7.85. The Morgan fingerprint density at radius 3 is 1.40 bits per heavy atom. The number of halogens is 1. The van der Waals surface area contributed by atoms with Crippen LogP contribution >= 0.6 is 15.9 Å². The normalized spacial score (nSPS) is 11.1. The SMILES string of the molecule is C.Cn1c2ccccc2c2cc(Br)c3ccccc3c21.[CH2-]c1cc2c3ccccc3n(C)c2c2ccccc12.[Y]. The molecule has 0 fully saturated rings. The molecule has 0 saturated heterocycles. The van der Waals surface area contributed by atoms with Crippen molar-refractivity contribution >= 4 is 81.1 Å². The van der Waals surface area contributed by atoms with Crippen LogP contribution in [0, 0.1) is 6.92 Å². The van der Waals surface area contributed by atoms with Gasteiger partial charge in [0.1, 0.15) is 0 Å². The summed E-state index contributed by atoms with van der Waals surface area (Å²) in [4.78, 5) is 0. The van der Waals surface area contributed by atoms with Gasteiger partial charge in [-0.25, -0.2) is 0 Å². The maximum absolute atomic E-state index is 4.21. The number of aryl methyl sites for hydroxylation is 2. The zero-order valence-corrected chi connectivity index (χ0v) is 26.4. The standard InChI is InChI=1S/C18H14N.C17H12BrN.CH4.Y/c1-12-11-16-14-8-5-6-10-17(14)19(2)18(16)15-9-4-3-7-13(12)15;1-19-16-9-5-4-7-12(16)14-10-15(18)11-6-2-3-8-13(11)17(14)19;;/h3-11H,1H2,2H3;2-10H,1H3;1H4;/q-1;;;. The summed E-state index contributed by atoms with van der Waals surface area (Å²) in [6.45, 7) is 4.21. The fraction of sp³-hybridized carbons (Fsp3) is 0.0833. The average molecular weight is 659 g/mol. The first-order chi connectivity index (χ1) is 18.5. The fourth-order valence-corrected chi connectivity index (χ4v) is 6.69. The molecule has 0 saturated carbocycles. The minimum Gasteiger partial charge on any atom is -0.345 e. The number of hydrogen-bond donors (Lipinski definition) is 0. The molecule has 4 heteroatoms. The second-order valence-corrected chi connectivity index (χ2v) is 10.8. The van der Waals surface area contributed by atoms with Crippen LogP contribution in [0.4, 0.5) is 0 Å². The molecule has 0 aliphatic heterocycles. The maximum Gasteiger partial charge on any atom is 0.0569 e. The molecule has 0 bridgehead atoms. The Balaban J connectivity index is 0.000000154. The minimum absolute atomic E-state index is 0. The van der Waals surface area contributed by atoms with Gasteiger partial charge in [0, 0.05) is 84.0 Å². The summed E-state index contributed by atoms with van der Waals surface area (Å²) in [5.74, 6) is 0. The predicted octanol–water partition coefficient (Wildman–Crippen LogP) is 10.5. The molecule has 1 radical (unpaired) electrons. The van der Waals surface area contributed by atoms with Crippen molar-refractivity contribution in [1.82, 2.24) is 9.13 Å². The van der Waals surface area contributed by atoms with E-state index in [0.29, 0.717) is 0 Å². The molecule has 0 unspecified atom stereocenters. The molecule has 0 aliphatic rings. The van der Waals surface area contributed by atoms with Crippen LogP contribution in [-0.4, -0.2) is 9.13 Å². The quantitative estimate of drug-likeness (QED) is 0.144. The van der Waals surface area contributed by atoms with Gasteiger partial charge >= 0.3 is 0 Å². The van der Waals surface area contributed by atoms with E-state index in [1.807, 2.05) is 0 Å². The van der Waals surface area contributed by atoms with Crippen LogP contribution in [0.25, 0.3) is 65.2 Å². The van der Waals surface area contributed by atoms with Gasteiger partial charge in [-0.3, -0.25) is 0 Å². The summed E-state index contributed by atoms with van der Waals surface area (Å²) in [6.07, 6.45) is 0. The predicted molar refractivity (Wildman–Crippen MR) is 175 cm³/mol. The first-order valence-corrected chi connectivity index (χ1v) is 13.6. The molecule has 0 aliphatic carbocycles. The largest absolute Gasteiger partial charge is 0.345 e. The van der Waals surface area contributed by atoms with Crippen LogP contribution in [0.2, 0.25) is 0 Å². The molecular weight excluding hydrogens is 629 g/mol. The molecule has 40 heavy (non-hydrogen) atoms. The van der Waals surface area contributed by atoms with Crippen LogP contribution in [0.5, 0.6) is 0 Å². The number of rotatable bonds is 0. The second kappa shape index (κ2) is 11.0. The molecule has 0 amide bonds. The Bertz CT molecular complexity index is 2030. The van der Waals surface area contributed by atoms with Crippen LogP contribution in [0.15, 0.2) is 114 Å². The van der Waals surface area contributed by atoms with E-state index in [1.165, 1.54) is 65.2 Å². The van der Waals surface area contributed by atoms with Crippen molar-refractivity contribution < 1.29 is 32.7 Å². The molecule has 0 spiro atoms. The number of fused-ring (bicyclic) bond motifs is 10. The molecule has 8 rings (SSSR count). The molecule has 195 valence electrons. The van der Waals surface area contributed by atoms with E-state index in [4.69, 9.17) is 0 Å². The van der Waals surface area contributed by atoms with E-state index in [2.05, 4.69) is 155 Å². The number of para-hydroxylation sites is 2. The van der Waals surface area contributed by atoms with Crippen molar-refractivity contribution in [2.75, 3.05) is 0 Å². The first-order valence-electron chi connectivity index (χ1n) is 12.8. The van der Waals surface area contributed by atoms with Gasteiger partial charge in [-0.15, -0.1) is 11.5 Å². The monoisotopic (exact) mass is 658 g/mol. The van der Waals surface area contributed by atoms with E-state index in [9.17, 15) is 0 Å². The molecule has 6 aromatic carbocycles. The molecule has 2 nitrogen and oxygen atoms in total. The molecule has 2 aromatic heterocycles. The minimum atomic E-state index is 0. The Kier molecular flexibility index (Phi) is 7.85. The van der Waals surface area contributed by atoms with Crippen LogP contribution in [0.3, 0.4) is 0 Å². The van der Waals surface area contributed by atoms with E-state index in [-0.39, 0.29) is 40.1 Å². The number of benzene rings is 6. The smallest absolute Gasteiger partial charge is 0.0569 e. The zero-order valence-electron chi connectivity index (χ0n) is 21.9. The second-order valence-electron chi connectivity index (χ2n) is 9.93. The zero-order chi connectivity index (χ0) is 26.0. The van der Waals surface area contributed by atoms with Crippen LogP contribution in [0.1, 0.15) is 13.0 Å².